The Kier molecular flexibility index (Phi) is 2.58. The van der Waals surface area contributed by atoms with Crippen LogP contribution in [0.3, 0.4) is 0 Å². The van der Waals surface area contributed by atoms with Crippen molar-refractivity contribution in [2.24, 2.45) is 5.92 Å². The summed E-state index contributed by atoms with van der Waals surface area (Å²) in [6, 6.07) is 0. The second-order valence-corrected chi connectivity index (χ2v) is 5.81. The van der Waals surface area contributed by atoms with E-state index in [-0.39, 0.29) is 5.25 Å². The van der Waals surface area contributed by atoms with Crippen molar-refractivity contribution >= 4 is 9.84 Å². The molecule has 0 aliphatic heterocycles. The van der Waals surface area contributed by atoms with Gasteiger partial charge in [-0.2, -0.15) is 0 Å². The summed E-state index contributed by atoms with van der Waals surface area (Å²) in [7, 11) is -2.80. The summed E-state index contributed by atoms with van der Waals surface area (Å²) in [6.45, 7) is 3.90. The van der Waals surface area contributed by atoms with Crippen molar-refractivity contribution in [1.82, 2.24) is 0 Å². The molecule has 0 aromatic carbocycles. The predicted molar refractivity (Wildman–Crippen MR) is 45.9 cm³/mol. The molecule has 0 aromatic heterocycles. The second kappa shape index (κ2) is 3.13. The SMILES string of the molecule is [CH2][C@@H]1CCC[C@H](S(C)(=O)=O)C1. The zero-order valence-electron chi connectivity index (χ0n) is 6.91. The average molecular weight is 175 g/mol. The Labute approximate surface area is 68.9 Å². The fraction of sp³-hybridized carbons (Fsp3) is 0.875. The van der Waals surface area contributed by atoms with Gasteiger partial charge in [0.25, 0.3) is 0 Å². The summed E-state index contributed by atoms with van der Waals surface area (Å²) in [5.41, 5.74) is 0. The molecule has 0 spiro atoms. The van der Waals surface area contributed by atoms with Crippen LogP contribution in [0.25, 0.3) is 0 Å². The van der Waals surface area contributed by atoms with Crippen LogP contribution in [-0.4, -0.2) is 19.9 Å². The normalized spacial score (nSPS) is 33.6. The first-order valence-electron chi connectivity index (χ1n) is 4.02. The molecule has 11 heavy (non-hydrogen) atoms. The molecule has 1 fully saturated rings. The second-order valence-electron chi connectivity index (χ2n) is 3.48. The van der Waals surface area contributed by atoms with Crippen molar-refractivity contribution in [2.75, 3.05) is 6.26 Å². The van der Waals surface area contributed by atoms with Crippen molar-refractivity contribution in [1.29, 1.82) is 0 Å². The highest BCUT2D eigenvalue weighted by Crippen LogP contribution is 2.27. The Bertz CT molecular complexity index is 218. The maximum Gasteiger partial charge on any atom is 0.150 e. The van der Waals surface area contributed by atoms with Gasteiger partial charge in [-0.25, -0.2) is 8.42 Å². The van der Waals surface area contributed by atoms with E-state index in [9.17, 15) is 8.42 Å². The van der Waals surface area contributed by atoms with E-state index in [0.717, 1.165) is 25.7 Å². The summed E-state index contributed by atoms with van der Waals surface area (Å²) >= 11 is 0. The highest BCUT2D eigenvalue weighted by atomic mass is 32.2. The van der Waals surface area contributed by atoms with Crippen LogP contribution in [-0.2, 0) is 9.84 Å². The van der Waals surface area contributed by atoms with Gasteiger partial charge in [0.05, 0.1) is 5.25 Å². The molecule has 0 unspecified atom stereocenters. The molecule has 1 saturated carbocycles. The van der Waals surface area contributed by atoms with Crippen molar-refractivity contribution in [3.8, 4) is 0 Å². The molecular formula is C8H15O2S. The summed E-state index contributed by atoms with van der Waals surface area (Å²) in [4.78, 5) is 0. The van der Waals surface area contributed by atoms with Gasteiger partial charge < -0.3 is 0 Å². The van der Waals surface area contributed by atoms with E-state index in [2.05, 4.69) is 6.92 Å². The third-order valence-electron chi connectivity index (χ3n) is 2.34. The molecule has 0 amide bonds. The van der Waals surface area contributed by atoms with E-state index in [1.807, 2.05) is 0 Å². The van der Waals surface area contributed by atoms with Crippen molar-refractivity contribution in [2.45, 2.75) is 30.9 Å². The quantitative estimate of drug-likeness (QED) is 0.604. The summed E-state index contributed by atoms with van der Waals surface area (Å²) in [6.07, 6.45) is 5.04. The van der Waals surface area contributed by atoms with Gasteiger partial charge in [0.15, 0.2) is 0 Å². The van der Waals surface area contributed by atoms with Gasteiger partial charge in [0.1, 0.15) is 9.84 Å². The number of hydrogen-bond donors (Lipinski definition) is 0. The van der Waals surface area contributed by atoms with E-state index in [4.69, 9.17) is 0 Å². The number of sulfone groups is 1. The minimum absolute atomic E-state index is 0.112. The minimum Gasteiger partial charge on any atom is -0.229 e. The van der Waals surface area contributed by atoms with Gasteiger partial charge in [0.2, 0.25) is 0 Å². The first-order chi connectivity index (χ1) is 5.00. The van der Waals surface area contributed by atoms with Gasteiger partial charge in [-0.15, -0.1) is 0 Å². The zero-order chi connectivity index (χ0) is 8.48. The molecule has 0 N–H and O–H groups in total. The third kappa shape index (κ3) is 2.47. The molecule has 1 aliphatic carbocycles. The molecule has 1 rings (SSSR count). The molecule has 1 radical (unpaired) electrons. The third-order valence-corrected chi connectivity index (χ3v) is 3.98. The molecule has 65 valence electrons. The fourth-order valence-corrected chi connectivity index (χ4v) is 2.85. The summed E-state index contributed by atoms with van der Waals surface area (Å²) in [5, 5.41) is -0.112. The van der Waals surface area contributed by atoms with Crippen LogP contribution < -0.4 is 0 Å². The van der Waals surface area contributed by atoms with Crippen molar-refractivity contribution in [3.63, 3.8) is 0 Å². The first kappa shape index (κ1) is 9.04. The topological polar surface area (TPSA) is 34.1 Å². The lowest BCUT2D eigenvalue weighted by Crippen LogP contribution is -2.26. The number of rotatable bonds is 1. The van der Waals surface area contributed by atoms with Gasteiger partial charge in [-0.05, 0) is 18.8 Å². The lowest BCUT2D eigenvalue weighted by Gasteiger charge is -2.24. The predicted octanol–water partition coefficient (Wildman–Crippen LogP) is 1.42. The van der Waals surface area contributed by atoms with Crippen LogP contribution in [0.4, 0.5) is 0 Å². The smallest absolute Gasteiger partial charge is 0.150 e. The van der Waals surface area contributed by atoms with Crippen LogP contribution in [0.15, 0.2) is 0 Å². The Balaban J connectivity index is 2.60. The van der Waals surface area contributed by atoms with Gasteiger partial charge >= 0.3 is 0 Å². The maximum atomic E-state index is 11.1. The molecule has 2 atom stereocenters. The zero-order valence-corrected chi connectivity index (χ0v) is 7.73. The largest absolute Gasteiger partial charge is 0.229 e. The van der Waals surface area contributed by atoms with E-state index >= 15 is 0 Å². The molecule has 1 aliphatic rings. The lowest BCUT2D eigenvalue weighted by atomic mass is 9.91. The van der Waals surface area contributed by atoms with Gasteiger partial charge in [0, 0.05) is 6.26 Å². The monoisotopic (exact) mass is 175 g/mol. The van der Waals surface area contributed by atoms with Gasteiger partial charge in [-0.1, -0.05) is 19.8 Å². The highest BCUT2D eigenvalue weighted by molar-refractivity contribution is 7.91. The molecule has 0 heterocycles. The van der Waals surface area contributed by atoms with Crippen LogP contribution in [0.1, 0.15) is 25.7 Å². The Morgan fingerprint density at radius 1 is 1.36 bits per heavy atom. The molecule has 3 heteroatoms. The van der Waals surface area contributed by atoms with Crippen molar-refractivity contribution in [3.05, 3.63) is 6.92 Å². The highest BCUT2D eigenvalue weighted by Gasteiger charge is 2.26. The van der Waals surface area contributed by atoms with E-state index < -0.39 is 9.84 Å². The standard InChI is InChI=1S/C8H15O2S/c1-7-4-3-5-8(6-7)11(2,9)10/h7-8H,1,3-6H2,2H3/t7-,8+/m1/s1. The summed E-state index contributed by atoms with van der Waals surface area (Å²) in [5.74, 6) is 0.350. The molecule has 0 aromatic rings. The lowest BCUT2D eigenvalue weighted by molar-refractivity contribution is 0.412. The van der Waals surface area contributed by atoms with E-state index in [0.29, 0.717) is 5.92 Å². The Hall–Kier alpha value is -0.0500. The number of hydrogen-bond acceptors (Lipinski definition) is 2. The first-order valence-corrected chi connectivity index (χ1v) is 5.97. The van der Waals surface area contributed by atoms with Crippen LogP contribution >= 0.6 is 0 Å². The molecule has 0 saturated heterocycles. The maximum absolute atomic E-state index is 11.1. The van der Waals surface area contributed by atoms with Crippen LogP contribution in [0.2, 0.25) is 0 Å². The van der Waals surface area contributed by atoms with E-state index in [1.54, 1.807) is 0 Å². The molecule has 2 nitrogen and oxygen atoms in total. The Morgan fingerprint density at radius 3 is 2.36 bits per heavy atom. The minimum atomic E-state index is -2.80. The van der Waals surface area contributed by atoms with Crippen molar-refractivity contribution < 1.29 is 8.42 Å². The van der Waals surface area contributed by atoms with Crippen LogP contribution in [0, 0.1) is 12.8 Å². The Morgan fingerprint density at radius 2 is 2.00 bits per heavy atom. The molecule has 0 bridgehead atoms. The molecular weight excluding hydrogens is 160 g/mol. The van der Waals surface area contributed by atoms with Gasteiger partial charge in [-0.3, -0.25) is 0 Å². The average Bonchev–Trinajstić information content (AvgIpc) is 1.86. The van der Waals surface area contributed by atoms with E-state index in [1.165, 1.54) is 6.26 Å². The fourth-order valence-electron chi connectivity index (χ4n) is 1.63. The van der Waals surface area contributed by atoms with Crippen LogP contribution in [0.5, 0.6) is 0 Å². The summed E-state index contributed by atoms with van der Waals surface area (Å²) < 4.78 is 22.2.